The van der Waals surface area contributed by atoms with Crippen molar-refractivity contribution in [1.82, 2.24) is 0 Å². The zero-order valence-corrected chi connectivity index (χ0v) is 16.0. The summed E-state index contributed by atoms with van der Waals surface area (Å²) in [5.41, 5.74) is 4.06. The molecule has 0 aliphatic heterocycles. The van der Waals surface area contributed by atoms with E-state index in [4.69, 9.17) is 4.89 Å². The highest BCUT2D eigenvalue weighted by Gasteiger charge is 2.36. The molecule has 1 unspecified atom stereocenters. The van der Waals surface area contributed by atoms with Crippen LogP contribution in [0.2, 0.25) is 0 Å². The standard InChI is InChI=1S/C27H22O2/c28-29-27(25(21-13-5-1-6-14-21)22-15-7-2-8-16-22)26(23-17-9-3-10-18-23)24-19-11-4-12-20-24/h1-20,25,27H. The zero-order chi connectivity index (χ0) is 19.9. The van der Waals surface area contributed by atoms with Crippen molar-refractivity contribution in [3.8, 4) is 0 Å². The smallest absolute Gasteiger partial charge is 0.122 e. The van der Waals surface area contributed by atoms with E-state index in [0.717, 1.165) is 28.2 Å². The predicted molar refractivity (Wildman–Crippen MR) is 115 cm³/mol. The molecule has 0 aromatic heterocycles. The fourth-order valence-electron chi connectivity index (χ4n) is 3.86. The van der Waals surface area contributed by atoms with E-state index in [2.05, 4.69) is 24.3 Å². The van der Waals surface area contributed by atoms with E-state index < -0.39 is 6.10 Å². The quantitative estimate of drug-likeness (QED) is 0.277. The monoisotopic (exact) mass is 378 g/mol. The molecule has 0 fully saturated rings. The third kappa shape index (κ3) is 4.29. The van der Waals surface area contributed by atoms with Gasteiger partial charge in [-0.25, -0.2) is 0 Å². The molecular weight excluding hydrogens is 356 g/mol. The second-order valence-corrected chi connectivity index (χ2v) is 6.96. The van der Waals surface area contributed by atoms with Gasteiger partial charge in [0.1, 0.15) is 6.10 Å². The van der Waals surface area contributed by atoms with Gasteiger partial charge in [0, 0.05) is 5.92 Å². The molecule has 4 aromatic carbocycles. The van der Waals surface area contributed by atoms with Gasteiger partial charge in [-0.3, -0.25) is 0 Å². The Morgan fingerprint density at radius 3 is 1.21 bits per heavy atom. The Hall–Kier alpha value is -3.20. The summed E-state index contributed by atoms with van der Waals surface area (Å²) in [6.07, 6.45) is -0.690. The molecule has 2 nitrogen and oxygen atoms in total. The number of benzene rings is 4. The lowest BCUT2D eigenvalue weighted by atomic mass is 9.76. The second-order valence-electron chi connectivity index (χ2n) is 6.96. The van der Waals surface area contributed by atoms with Crippen molar-refractivity contribution in [2.75, 3.05) is 0 Å². The van der Waals surface area contributed by atoms with E-state index in [9.17, 15) is 5.26 Å². The lowest BCUT2D eigenvalue weighted by Crippen LogP contribution is -2.30. The largest absolute Gasteiger partial charge is 0.198 e. The Morgan fingerprint density at radius 2 is 0.862 bits per heavy atom. The highest BCUT2D eigenvalue weighted by atomic mass is 17.1. The second kappa shape index (κ2) is 9.33. The molecule has 0 saturated heterocycles. The van der Waals surface area contributed by atoms with Crippen LogP contribution in [0.15, 0.2) is 121 Å². The van der Waals surface area contributed by atoms with Crippen LogP contribution in [0.3, 0.4) is 0 Å². The van der Waals surface area contributed by atoms with E-state index in [1.54, 1.807) is 0 Å². The maximum atomic E-state index is 12.3. The van der Waals surface area contributed by atoms with Gasteiger partial charge >= 0.3 is 0 Å². The fraction of sp³-hybridized carbons (Fsp3) is 0.0741. The van der Waals surface area contributed by atoms with E-state index in [1.807, 2.05) is 97.1 Å². The molecular formula is C27H22O2. The molecule has 0 aliphatic carbocycles. The van der Waals surface area contributed by atoms with Crippen molar-refractivity contribution in [2.24, 2.45) is 0 Å². The van der Waals surface area contributed by atoms with Crippen LogP contribution >= 0.6 is 0 Å². The van der Waals surface area contributed by atoms with Gasteiger partial charge in [-0.2, -0.15) is 4.89 Å². The summed E-state index contributed by atoms with van der Waals surface area (Å²) >= 11 is 0. The molecule has 2 radical (unpaired) electrons. The predicted octanol–water partition coefficient (Wildman–Crippen LogP) is 6.22. The van der Waals surface area contributed by atoms with Crippen LogP contribution in [-0.4, -0.2) is 6.10 Å². The average Bonchev–Trinajstić information content (AvgIpc) is 2.81. The van der Waals surface area contributed by atoms with Gasteiger partial charge in [-0.15, -0.1) is 0 Å². The SMILES string of the molecule is [O]OC([C](c1ccccc1)c1ccccc1)C(c1ccccc1)c1ccccc1. The number of hydrogen-bond donors (Lipinski definition) is 0. The van der Waals surface area contributed by atoms with Crippen LogP contribution in [-0.2, 0) is 10.1 Å². The summed E-state index contributed by atoms with van der Waals surface area (Å²) in [6.45, 7) is 0. The fourth-order valence-corrected chi connectivity index (χ4v) is 3.86. The highest BCUT2D eigenvalue weighted by Crippen LogP contribution is 2.40. The van der Waals surface area contributed by atoms with Crippen LogP contribution in [0.25, 0.3) is 0 Å². The van der Waals surface area contributed by atoms with E-state index >= 15 is 0 Å². The zero-order valence-electron chi connectivity index (χ0n) is 16.0. The molecule has 0 aliphatic rings. The maximum Gasteiger partial charge on any atom is 0.122 e. The maximum absolute atomic E-state index is 12.3. The molecule has 0 saturated carbocycles. The van der Waals surface area contributed by atoms with E-state index in [-0.39, 0.29) is 5.92 Å². The summed E-state index contributed by atoms with van der Waals surface area (Å²) < 4.78 is 0. The van der Waals surface area contributed by atoms with Crippen molar-refractivity contribution in [3.05, 3.63) is 149 Å². The highest BCUT2D eigenvalue weighted by molar-refractivity contribution is 5.51. The number of hydrogen-bond acceptors (Lipinski definition) is 1. The molecule has 4 aromatic rings. The lowest BCUT2D eigenvalue weighted by Gasteiger charge is -2.31. The van der Waals surface area contributed by atoms with Gasteiger partial charge in [0.05, 0.1) is 5.92 Å². The third-order valence-electron chi connectivity index (χ3n) is 5.18. The van der Waals surface area contributed by atoms with Crippen molar-refractivity contribution in [2.45, 2.75) is 12.0 Å². The first-order valence-electron chi connectivity index (χ1n) is 9.74. The topological polar surface area (TPSA) is 29.1 Å². The van der Waals surface area contributed by atoms with Gasteiger partial charge in [0.15, 0.2) is 0 Å². The minimum Gasteiger partial charge on any atom is -0.198 e. The molecule has 2 heteroatoms. The summed E-state index contributed by atoms with van der Waals surface area (Å²) in [7, 11) is 0. The molecule has 0 amide bonds. The first kappa shape index (κ1) is 19.1. The van der Waals surface area contributed by atoms with Crippen LogP contribution in [0.1, 0.15) is 28.2 Å². The normalized spacial score (nSPS) is 11.3. The minimum absolute atomic E-state index is 0.231. The van der Waals surface area contributed by atoms with Gasteiger partial charge in [0.25, 0.3) is 0 Å². The van der Waals surface area contributed by atoms with Crippen LogP contribution < -0.4 is 0 Å². The van der Waals surface area contributed by atoms with Gasteiger partial charge in [-0.1, -0.05) is 121 Å². The van der Waals surface area contributed by atoms with Gasteiger partial charge in [-0.05, 0) is 27.5 Å². The molecule has 0 spiro atoms. The van der Waals surface area contributed by atoms with Crippen molar-refractivity contribution < 1.29 is 10.1 Å². The average molecular weight is 378 g/mol. The lowest BCUT2D eigenvalue weighted by molar-refractivity contribution is -0.331. The molecule has 29 heavy (non-hydrogen) atoms. The Labute approximate surface area is 172 Å². The summed E-state index contributed by atoms with van der Waals surface area (Å²) in [6, 6.07) is 40.2. The third-order valence-corrected chi connectivity index (χ3v) is 5.18. The van der Waals surface area contributed by atoms with Crippen LogP contribution in [0.5, 0.6) is 0 Å². The molecule has 0 N–H and O–H groups in total. The van der Waals surface area contributed by atoms with Crippen molar-refractivity contribution in [1.29, 1.82) is 0 Å². The molecule has 4 rings (SSSR count). The minimum atomic E-state index is -0.690. The van der Waals surface area contributed by atoms with Gasteiger partial charge in [0.2, 0.25) is 0 Å². The Balaban J connectivity index is 1.88. The van der Waals surface area contributed by atoms with Crippen molar-refractivity contribution >= 4 is 0 Å². The van der Waals surface area contributed by atoms with E-state index in [1.165, 1.54) is 0 Å². The molecule has 1 atom stereocenters. The van der Waals surface area contributed by atoms with Crippen LogP contribution in [0, 0.1) is 5.92 Å². The summed E-state index contributed by atoms with van der Waals surface area (Å²) in [4.78, 5) is 5.01. The Morgan fingerprint density at radius 1 is 0.517 bits per heavy atom. The Bertz CT molecular complexity index is 824. The van der Waals surface area contributed by atoms with E-state index in [0.29, 0.717) is 0 Å². The van der Waals surface area contributed by atoms with Crippen LogP contribution in [0.4, 0.5) is 0 Å². The summed E-state index contributed by atoms with van der Waals surface area (Å²) in [5, 5.41) is 12.3. The summed E-state index contributed by atoms with van der Waals surface area (Å²) in [5.74, 6) is 0.657. The molecule has 0 bridgehead atoms. The molecule has 142 valence electrons. The van der Waals surface area contributed by atoms with Crippen molar-refractivity contribution in [3.63, 3.8) is 0 Å². The Kier molecular flexibility index (Phi) is 6.16. The first-order valence-corrected chi connectivity index (χ1v) is 9.74. The first-order chi connectivity index (χ1) is 14.4. The molecule has 0 heterocycles. The number of rotatable bonds is 7. The van der Waals surface area contributed by atoms with Gasteiger partial charge < -0.3 is 0 Å².